The number of piperidine rings is 1. The van der Waals surface area contributed by atoms with E-state index in [0.717, 1.165) is 38.2 Å². The SMILES string of the molecule is CCOC1CCN(c2ccc(C#N)c(N)c2)CC1. The van der Waals surface area contributed by atoms with E-state index in [-0.39, 0.29) is 0 Å². The third kappa shape index (κ3) is 2.74. The summed E-state index contributed by atoms with van der Waals surface area (Å²) in [5.74, 6) is 0. The molecule has 0 aliphatic carbocycles. The fourth-order valence-corrected chi connectivity index (χ4v) is 2.37. The lowest BCUT2D eigenvalue weighted by atomic mass is 10.1. The fraction of sp³-hybridized carbons (Fsp3) is 0.500. The van der Waals surface area contributed by atoms with Crippen molar-refractivity contribution in [2.24, 2.45) is 0 Å². The van der Waals surface area contributed by atoms with E-state index in [0.29, 0.717) is 17.4 Å². The maximum absolute atomic E-state index is 8.85. The summed E-state index contributed by atoms with van der Waals surface area (Å²) in [4.78, 5) is 2.30. The molecule has 1 aliphatic heterocycles. The van der Waals surface area contributed by atoms with Gasteiger partial charge in [0.1, 0.15) is 6.07 Å². The summed E-state index contributed by atoms with van der Waals surface area (Å²) in [5.41, 5.74) is 8.04. The van der Waals surface area contributed by atoms with Crippen LogP contribution in [0.25, 0.3) is 0 Å². The summed E-state index contributed by atoms with van der Waals surface area (Å²) < 4.78 is 5.63. The maximum Gasteiger partial charge on any atom is 0.101 e. The second-order valence-corrected chi connectivity index (χ2v) is 4.53. The highest BCUT2D eigenvalue weighted by molar-refractivity contribution is 5.63. The molecule has 1 aliphatic rings. The lowest BCUT2D eigenvalue weighted by Crippen LogP contribution is -2.37. The highest BCUT2D eigenvalue weighted by Crippen LogP contribution is 2.24. The minimum atomic E-state index is 0.391. The van der Waals surface area contributed by atoms with Gasteiger partial charge in [-0.25, -0.2) is 0 Å². The van der Waals surface area contributed by atoms with Crippen LogP contribution in [0.15, 0.2) is 18.2 Å². The van der Waals surface area contributed by atoms with Gasteiger partial charge in [-0.05, 0) is 38.0 Å². The minimum absolute atomic E-state index is 0.391. The van der Waals surface area contributed by atoms with Gasteiger partial charge in [-0.1, -0.05) is 0 Å². The van der Waals surface area contributed by atoms with Crippen molar-refractivity contribution in [2.45, 2.75) is 25.9 Å². The first kappa shape index (κ1) is 12.7. The molecule has 0 amide bonds. The smallest absolute Gasteiger partial charge is 0.101 e. The molecule has 0 unspecified atom stereocenters. The van der Waals surface area contributed by atoms with Gasteiger partial charge in [0.2, 0.25) is 0 Å². The molecule has 2 N–H and O–H groups in total. The number of benzene rings is 1. The van der Waals surface area contributed by atoms with Crippen molar-refractivity contribution in [1.82, 2.24) is 0 Å². The average molecular weight is 245 g/mol. The topological polar surface area (TPSA) is 62.3 Å². The number of ether oxygens (including phenoxy) is 1. The second-order valence-electron chi connectivity index (χ2n) is 4.53. The molecular formula is C14H19N3O. The highest BCUT2D eigenvalue weighted by atomic mass is 16.5. The minimum Gasteiger partial charge on any atom is -0.398 e. The zero-order valence-electron chi connectivity index (χ0n) is 10.7. The number of hydrogen-bond acceptors (Lipinski definition) is 4. The molecule has 0 atom stereocenters. The summed E-state index contributed by atoms with van der Waals surface area (Å²) in [6.45, 7) is 4.79. The monoisotopic (exact) mass is 245 g/mol. The molecule has 4 nitrogen and oxygen atoms in total. The van der Waals surface area contributed by atoms with Crippen LogP contribution in [-0.4, -0.2) is 25.8 Å². The fourth-order valence-electron chi connectivity index (χ4n) is 2.37. The molecule has 1 saturated heterocycles. The van der Waals surface area contributed by atoms with Crippen LogP contribution >= 0.6 is 0 Å². The zero-order chi connectivity index (χ0) is 13.0. The van der Waals surface area contributed by atoms with Crippen LogP contribution in [0.4, 0.5) is 11.4 Å². The number of nitriles is 1. The molecular weight excluding hydrogens is 226 g/mol. The Kier molecular flexibility index (Phi) is 4.06. The maximum atomic E-state index is 8.85. The molecule has 1 heterocycles. The first-order valence-electron chi connectivity index (χ1n) is 6.40. The number of nitrogens with two attached hydrogens (primary N) is 1. The van der Waals surface area contributed by atoms with Crippen molar-refractivity contribution in [3.05, 3.63) is 23.8 Å². The number of rotatable bonds is 3. The predicted molar refractivity (Wildman–Crippen MR) is 72.4 cm³/mol. The molecule has 18 heavy (non-hydrogen) atoms. The van der Waals surface area contributed by atoms with Crippen LogP contribution in [0.1, 0.15) is 25.3 Å². The number of nitrogen functional groups attached to an aromatic ring is 1. The van der Waals surface area contributed by atoms with E-state index in [4.69, 9.17) is 15.7 Å². The van der Waals surface area contributed by atoms with Crippen LogP contribution in [-0.2, 0) is 4.74 Å². The van der Waals surface area contributed by atoms with Gasteiger partial charge < -0.3 is 15.4 Å². The summed E-state index contributed by atoms with van der Waals surface area (Å²) in [6.07, 6.45) is 2.49. The van der Waals surface area contributed by atoms with E-state index in [1.165, 1.54) is 0 Å². The quantitative estimate of drug-likeness (QED) is 0.829. The van der Waals surface area contributed by atoms with Gasteiger partial charge in [-0.2, -0.15) is 5.26 Å². The molecule has 2 rings (SSSR count). The van der Waals surface area contributed by atoms with Crippen LogP contribution in [0.3, 0.4) is 0 Å². The van der Waals surface area contributed by atoms with Crippen molar-refractivity contribution in [3.63, 3.8) is 0 Å². The van der Waals surface area contributed by atoms with Crippen LogP contribution < -0.4 is 10.6 Å². The first-order chi connectivity index (χ1) is 8.74. The lowest BCUT2D eigenvalue weighted by molar-refractivity contribution is 0.0459. The molecule has 0 saturated carbocycles. The third-order valence-electron chi connectivity index (χ3n) is 3.37. The van der Waals surface area contributed by atoms with E-state index in [9.17, 15) is 0 Å². The van der Waals surface area contributed by atoms with Gasteiger partial charge in [0.05, 0.1) is 17.4 Å². The molecule has 1 aromatic carbocycles. The summed E-state index contributed by atoms with van der Waals surface area (Å²) in [7, 11) is 0. The lowest BCUT2D eigenvalue weighted by Gasteiger charge is -2.33. The molecule has 0 bridgehead atoms. The zero-order valence-corrected chi connectivity index (χ0v) is 10.7. The van der Waals surface area contributed by atoms with E-state index in [1.807, 2.05) is 19.1 Å². The second kappa shape index (κ2) is 5.74. The normalized spacial score (nSPS) is 16.6. The van der Waals surface area contributed by atoms with Crippen molar-refractivity contribution < 1.29 is 4.74 Å². The first-order valence-corrected chi connectivity index (χ1v) is 6.40. The van der Waals surface area contributed by atoms with Gasteiger partial charge in [0.15, 0.2) is 0 Å². The molecule has 0 spiro atoms. The Balaban J connectivity index is 2.02. The van der Waals surface area contributed by atoms with Gasteiger partial charge >= 0.3 is 0 Å². The van der Waals surface area contributed by atoms with Gasteiger partial charge in [-0.3, -0.25) is 0 Å². The number of anilines is 2. The predicted octanol–water partition coefficient (Wildman–Crippen LogP) is 2.15. The van der Waals surface area contributed by atoms with Crippen molar-refractivity contribution in [1.29, 1.82) is 5.26 Å². The summed E-state index contributed by atoms with van der Waals surface area (Å²) in [5, 5.41) is 8.85. The highest BCUT2D eigenvalue weighted by Gasteiger charge is 2.19. The van der Waals surface area contributed by atoms with E-state index >= 15 is 0 Å². The van der Waals surface area contributed by atoms with Crippen LogP contribution in [0, 0.1) is 11.3 Å². The Labute approximate surface area is 108 Å². The van der Waals surface area contributed by atoms with Gasteiger partial charge in [-0.15, -0.1) is 0 Å². The molecule has 1 fully saturated rings. The summed E-state index contributed by atoms with van der Waals surface area (Å²) in [6, 6.07) is 7.73. The Morgan fingerprint density at radius 1 is 1.44 bits per heavy atom. The Morgan fingerprint density at radius 2 is 2.17 bits per heavy atom. The molecule has 0 aromatic heterocycles. The Hall–Kier alpha value is -1.73. The van der Waals surface area contributed by atoms with E-state index < -0.39 is 0 Å². The molecule has 1 aromatic rings. The molecule has 0 radical (unpaired) electrons. The van der Waals surface area contributed by atoms with E-state index in [1.54, 1.807) is 6.07 Å². The van der Waals surface area contributed by atoms with Crippen molar-refractivity contribution in [2.75, 3.05) is 30.3 Å². The standard InChI is InChI=1S/C14H19N3O/c1-2-18-13-5-7-17(8-6-13)12-4-3-11(10-15)14(16)9-12/h3-4,9,13H,2,5-8,16H2,1H3. The third-order valence-corrected chi connectivity index (χ3v) is 3.37. The van der Waals surface area contributed by atoms with Crippen LogP contribution in [0.5, 0.6) is 0 Å². The van der Waals surface area contributed by atoms with Gasteiger partial charge in [0.25, 0.3) is 0 Å². The molecule has 4 heteroatoms. The largest absolute Gasteiger partial charge is 0.398 e. The average Bonchev–Trinajstić information content (AvgIpc) is 2.40. The number of nitrogens with zero attached hydrogens (tertiary/aromatic N) is 2. The van der Waals surface area contributed by atoms with Gasteiger partial charge in [0, 0.05) is 25.4 Å². The van der Waals surface area contributed by atoms with Crippen molar-refractivity contribution >= 4 is 11.4 Å². The Bertz CT molecular complexity index is 445. The van der Waals surface area contributed by atoms with E-state index in [2.05, 4.69) is 11.0 Å². The van der Waals surface area contributed by atoms with Crippen molar-refractivity contribution in [3.8, 4) is 6.07 Å². The number of hydrogen-bond donors (Lipinski definition) is 1. The Morgan fingerprint density at radius 3 is 2.72 bits per heavy atom. The molecule has 96 valence electrons. The summed E-state index contributed by atoms with van der Waals surface area (Å²) >= 11 is 0. The van der Waals surface area contributed by atoms with Crippen LogP contribution in [0.2, 0.25) is 0 Å².